The molecule has 2 heterocycles. The molecule has 1 fully saturated rings. The summed E-state index contributed by atoms with van der Waals surface area (Å²) in [6.07, 6.45) is 7.46. The summed E-state index contributed by atoms with van der Waals surface area (Å²) in [7, 11) is 0. The lowest BCUT2D eigenvalue weighted by Gasteiger charge is -2.22. The molecular weight excluding hydrogens is 202 g/mol. The number of nitrogens with one attached hydrogen (secondary N) is 1. The van der Waals surface area contributed by atoms with Gasteiger partial charge in [0, 0.05) is 18.9 Å². The summed E-state index contributed by atoms with van der Waals surface area (Å²) in [5, 5.41) is 3.28. The summed E-state index contributed by atoms with van der Waals surface area (Å²) in [5.41, 5.74) is 0. The number of nitrogens with zero attached hydrogens (tertiary/aromatic N) is 2. The van der Waals surface area contributed by atoms with Crippen LogP contribution in [0.3, 0.4) is 0 Å². The highest BCUT2D eigenvalue weighted by Gasteiger charge is 2.14. The smallest absolute Gasteiger partial charge is 0.232 e. The van der Waals surface area contributed by atoms with E-state index in [2.05, 4.69) is 15.3 Å². The first-order valence-corrected chi connectivity index (χ1v) is 4.58. The number of ether oxygens (including phenoxy) is 1. The molecule has 2 rings (SSSR count). The minimum absolute atomic E-state index is 0. The Kier molecular flexibility index (Phi) is 4.62. The van der Waals surface area contributed by atoms with Crippen molar-refractivity contribution in [3.8, 4) is 5.88 Å². The Balaban J connectivity index is 0.000000980. The van der Waals surface area contributed by atoms with Crippen molar-refractivity contribution in [1.29, 1.82) is 0 Å². The third-order valence-corrected chi connectivity index (χ3v) is 2.08. The van der Waals surface area contributed by atoms with Crippen LogP contribution in [-0.2, 0) is 0 Å². The Morgan fingerprint density at radius 3 is 3.00 bits per heavy atom. The largest absolute Gasteiger partial charge is 0.472 e. The van der Waals surface area contributed by atoms with Crippen LogP contribution in [0.1, 0.15) is 12.8 Å². The predicted molar refractivity (Wildman–Crippen MR) is 55.8 cm³/mol. The van der Waals surface area contributed by atoms with E-state index in [0.717, 1.165) is 19.5 Å². The van der Waals surface area contributed by atoms with Gasteiger partial charge in [-0.15, -0.1) is 12.4 Å². The Morgan fingerprint density at radius 2 is 2.36 bits per heavy atom. The van der Waals surface area contributed by atoms with Crippen LogP contribution in [0.15, 0.2) is 18.6 Å². The molecule has 1 unspecified atom stereocenters. The first kappa shape index (κ1) is 11.2. The van der Waals surface area contributed by atoms with Gasteiger partial charge < -0.3 is 10.1 Å². The van der Waals surface area contributed by atoms with E-state index < -0.39 is 0 Å². The molecule has 0 bridgehead atoms. The van der Waals surface area contributed by atoms with Gasteiger partial charge in [0.15, 0.2) is 0 Å². The van der Waals surface area contributed by atoms with Gasteiger partial charge >= 0.3 is 0 Å². The van der Waals surface area contributed by atoms with Gasteiger partial charge in [-0.2, -0.15) is 0 Å². The van der Waals surface area contributed by atoms with Gasteiger partial charge in [0.05, 0.1) is 6.20 Å². The number of hydrogen-bond acceptors (Lipinski definition) is 4. The molecule has 1 atom stereocenters. The molecule has 78 valence electrons. The summed E-state index contributed by atoms with van der Waals surface area (Å²) in [4.78, 5) is 8.00. The third kappa shape index (κ3) is 3.12. The van der Waals surface area contributed by atoms with Gasteiger partial charge in [-0.05, 0) is 19.4 Å². The molecule has 1 N–H and O–H groups in total. The van der Waals surface area contributed by atoms with Crippen LogP contribution in [-0.4, -0.2) is 29.2 Å². The van der Waals surface area contributed by atoms with Crippen molar-refractivity contribution in [2.24, 2.45) is 0 Å². The van der Waals surface area contributed by atoms with Crippen molar-refractivity contribution in [3.63, 3.8) is 0 Å². The molecule has 0 spiro atoms. The molecule has 0 aromatic carbocycles. The quantitative estimate of drug-likeness (QED) is 0.801. The van der Waals surface area contributed by atoms with Crippen LogP contribution in [0.5, 0.6) is 5.88 Å². The SMILES string of the molecule is Cl.c1cnc(OC2CCCNC2)cn1. The minimum atomic E-state index is 0. The van der Waals surface area contributed by atoms with Crippen molar-refractivity contribution in [1.82, 2.24) is 15.3 Å². The molecular formula is C9H14ClN3O. The highest BCUT2D eigenvalue weighted by Crippen LogP contribution is 2.10. The lowest BCUT2D eigenvalue weighted by Crippen LogP contribution is -2.37. The number of aromatic nitrogens is 2. The number of piperidine rings is 1. The lowest BCUT2D eigenvalue weighted by atomic mass is 10.1. The molecule has 0 aliphatic carbocycles. The number of rotatable bonds is 2. The Morgan fingerprint density at radius 1 is 1.43 bits per heavy atom. The van der Waals surface area contributed by atoms with Crippen LogP contribution in [0.25, 0.3) is 0 Å². The zero-order valence-electron chi connectivity index (χ0n) is 7.85. The van der Waals surface area contributed by atoms with Crippen molar-refractivity contribution in [3.05, 3.63) is 18.6 Å². The monoisotopic (exact) mass is 215 g/mol. The molecule has 5 heteroatoms. The fourth-order valence-electron chi connectivity index (χ4n) is 1.44. The lowest BCUT2D eigenvalue weighted by molar-refractivity contribution is 0.160. The van der Waals surface area contributed by atoms with Crippen molar-refractivity contribution >= 4 is 12.4 Å². The van der Waals surface area contributed by atoms with Crippen molar-refractivity contribution < 1.29 is 4.74 Å². The van der Waals surface area contributed by atoms with Crippen LogP contribution < -0.4 is 10.1 Å². The molecule has 1 aliphatic rings. The van der Waals surface area contributed by atoms with E-state index in [1.165, 1.54) is 6.42 Å². The third-order valence-electron chi connectivity index (χ3n) is 2.08. The fraction of sp³-hybridized carbons (Fsp3) is 0.556. The topological polar surface area (TPSA) is 47.0 Å². The molecule has 0 radical (unpaired) electrons. The van der Waals surface area contributed by atoms with Crippen LogP contribution in [0.4, 0.5) is 0 Å². The molecule has 1 aromatic heterocycles. The Labute approximate surface area is 89.5 Å². The molecule has 1 aliphatic heterocycles. The van der Waals surface area contributed by atoms with E-state index in [9.17, 15) is 0 Å². The van der Waals surface area contributed by atoms with Crippen LogP contribution in [0.2, 0.25) is 0 Å². The van der Waals surface area contributed by atoms with Gasteiger partial charge in [0.2, 0.25) is 5.88 Å². The van der Waals surface area contributed by atoms with E-state index in [-0.39, 0.29) is 18.5 Å². The Hall–Kier alpha value is -0.870. The molecule has 0 saturated carbocycles. The highest BCUT2D eigenvalue weighted by molar-refractivity contribution is 5.85. The average Bonchev–Trinajstić information content (AvgIpc) is 2.21. The van der Waals surface area contributed by atoms with Gasteiger partial charge in [0.25, 0.3) is 0 Å². The molecule has 4 nitrogen and oxygen atoms in total. The first-order chi connectivity index (χ1) is 6.45. The van der Waals surface area contributed by atoms with Crippen LogP contribution >= 0.6 is 12.4 Å². The van der Waals surface area contributed by atoms with E-state index in [0.29, 0.717) is 5.88 Å². The zero-order valence-corrected chi connectivity index (χ0v) is 8.67. The van der Waals surface area contributed by atoms with E-state index in [4.69, 9.17) is 4.74 Å². The van der Waals surface area contributed by atoms with Crippen molar-refractivity contribution in [2.45, 2.75) is 18.9 Å². The van der Waals surface area contributed by atoms with E-state index in [1.54, 1.807) is 18.6 Å². The molecule has 14 heavy (non-hydrogen) atoms. The second kappa shape index (κ2) is 5.78. The molecule has 1 aromatic rings. The normalized spacial score (nSPS) is 21.0. The predicted octanol–water partition coefficient (Wildman–Crippen LogP) is 1.03. The van der Waals surface area contributed by atoms with Gasteiger partial charge in [-0.1, -0.05) is 0 Å². The summed E-state index contributed by atoms with van der Waals surface area (Å²) < 4.78 is 5.62. The number of halogens is 1. The maximum absolute atomic E-state index is 5.62. The first-order valence-electron chi connectivity index (χ1n) is 4.58. The van der Waals surface area contributed by atoms with E-state index >= 15 is 0 Å². The maximum Gasteiger partial charge on any atom is 0.232 e. The van der Waals surface area contributed by atoms with Crippen molar-refractivity contribution in [2.75, 3.05) is 13.1 Å². The second-order valence-electron chi connectivity index (χ2n) is 3.13. The molecule has 0 amide bonds. The maximum atomic E-state index is 5.62. The fourth-order valence-corrected chi connectivity index (χ4v) is 1.44. The van der Waals surface area contributed by atoms with E-state index in [1.807, 2.05) is 0 Å². The van der Waals surface area contributed by atoms with Gasteiger partial charge in [0.1, 0.15) is 6.10 Å². The van der Waals surface area contributed by atoms with Gasteiger partial charge in [-0.25, -0.2) is 4.98 Å². The Bertz CT molecular complexity index is 251. The van der Waals surface area contributed by atoms with Crippen LogP contribution in [0, 0.1) is 0 Å². The minimum Gasteiger partial charge on any atom is -0.472 e. The van der Waals surface area contributed by atoms with Gasteiger partial charge in [-0.3, -0.25) is 4.98 Å². The molecule has 1 saturated heterocycles. The summed E-state index contributed by atoms with van der Waals surface area (Å²) in [6, 6.07) is 0. The zero-order chi connectivity index (χ0) is 8.93. The summed E-state index contributed by atoms with van der Waals surface area (Å²) in [6.45, 7) is 2.01. The standard InChI is InChI=1S/C9H13N3O.ClH/c1-2-8(6-10-3-1)13-9-7-11-4-5-12-9;/h4-5,7-8,10H,1-3,6H2;1H. The highest BCUT2D eigenvalue weighted by atomic mass is 35.5. The average molecular weight is 216 g/mol. The summed E-state index contributed by atoms with van der Waals surface area (Å²) >= 11 is 0. The number of hydrogen-bond donors (Lipinski definition) is 1. The summed E-state index contributed by atoms with van der Waals surface area (Å²) in [5.74, 6) is 0.621. The second-order valence-corrected chi connectivity index (χ2v) is 3.13.